The third kappa shape index (κ3) is 5.72. The van der Waals surface area contributed by atoms with Gasteiger partial charge in [-0.15, -0.1) is 11.3 Å². The molecule has 1 aliphatic rings. The zero-order valence-corrected chi connectivity index (χ0v) is 20.0. The first-order valence-corrected chi connectivity index (χ1v) is 12.2. The van der Waals surface area contributed by atoms with Gasteiger partial charge in [0.15, 0.2) is 0 Å². The highest BCUT2D eigenvalue weighted by atomic mass is 32.1. The van der Waals surface area contributed by atoms with Gasteiger partial charge in [-0.05, 0) is 61.7 Å². The molecule has 1 amide bonds. The summed E-state index contributed by atoms with van der Waals surface area (Å²) in [4.78, 5) is 17.4. The zero-order valence-electron chi connectivity index (χ0n) is 19.1. The molecule has 1 N–H and O–H groups in total. The summed E-state index contributed by atoms with van der Waals surface area (Å²) in [5, 5.41) is 6.02. The van der Waals surface area contributed by atoms with Crippen LogP contribution in [0, 0.1) is 0 Å². The van der Waals surface area contributed by atoms with Crippen LogP contribution in [0.1, 0.15) is 31.0 Å². The number of carbonyl (C=O) groups is 1. The summed E-state index contributed by atoms with van der Waals surface area (Å²) in [5.74, 6) is 1.66. The molecule has 2 aromatic carbocycles. The van der Waals surface area contributed by atoms with Gasteiger partial charge in [-0.1, -0.05) is 12.1 Å². The van der Waals surface area contributed by atoms with Crippen LogP contribution in [0.2, 0.25) is 0 Å². The number of hydrogen-bond acceptors (Lipinski definition) is 6. The highest BCUT2D eigenvalue weighted by Gasteiger charge is 2.35. The van der Waals surface area contributed by atoms with Crippen LogP contribution in [0.3, 0.4) is 0 Å². The molecule has 3 aromatic rings. The second-order valence-electron chi connectivity index (χ2n) is 8.18. The number of hydrogen-bond donors (Lipinski definition) is 1. The lowest BCUT2D eigenvalue weighted by molar-refractivity contribution is -0.121. The number of benzene rings is 2. The summed E-state index contributed by atoms with van der Waals surface area (Å²) in [6, 6.07) is 16.0. The van der Waals surface area contributed by atoms with E-state index in [2.05, 4.69) is 22.4 Å². The molecular weight excluding hydrogens is 436 g/mol. The van der Waals surface area contributed by atoms with E-state index in [-0.39, 0.29) is 17.7 Å². The van der Waals surface area contributed by atoms with E-state index in [1.165, 1.54) is 5.56 Å². The van der Waals surface area contributed by atoms with E-state index in [9.17, 15) is 4.79 Å². The molecule has 33 heavy (non-hydrogen) atoms. The highest BCUT2D eigenvalue weighted by molar-refractivity contribution is 7.13. The lowest BCUT2D eigenvalue weighted by atomic mass is 9.74. The van der Waals surface area contributed by atoms with Crippen molar-refractivity contribution in [1.29, 1.82) is 0 Å². The molecule has 1 aliphatic heterocycles. The lowest BCUT2D eigenvalue weighted by Crippen LogP contribution is -2.45. The number of methoxy groups -OCH3 is 1. The van der Waals surface area contributed by atoms with E-state index in [0.29, 0.717) is 26.4 Å². The average molecular weight is 467 g/mol. The number of nitrogens with zero attached hydrogens (tertiary/aromatic N) is 1. The summed E-state index contributed by atoms with van der Waals surface area (Å²) in [5.41, 5.74) is 2.89. The second kappa shape index (κ2) is 10.8. The van der Waals surface area contributed by atoms with Crippen molar-refractivity contribution in [2.45, 2.75) is 31.6 Å². The number of nitrogens with one attached hydrogen (secondary N) is 1. The maximum atomic E-state index is 12.8. The highest BCUT2D eigenvalue weighted by Crippen LogP contribution is 2.35. The molecule has 0 unspecified atom stereocenters. The van der Waals surface area contributed by atoms with Crippen LogP contribution in [0.25, 0.3) is 10.6 Å². The topological polar surface area (TPSA) is 69.7 Å². The van der Waals surface area contributed by atoms with Crippen LogP contribution >= 0.6 is 11.3 Å². The molecule has 0 radical (unpaired) electrons. The van der Waals surface area contributed by atoms with Crippen LogP contribution in [0.5, 0.6) is 11.5 Å². The van der Waals surface area contributed by atoms with Gasteiger partial charge in [0, 0.05) is 36.1 Å². The Bertz CT molecular complexity index is 1040. The molecule has 174 valence electrons. The summed E-state index contributed by atoms with van der Waals surface area (Å²) < 4.78 is 16.4. The summed E-state index contributed by atoms with van der Waals surface area (Å²) in [6.45, 7) is 4.58. The quantitative estimate of drug-likeness (QED) is 0.498. The molecule has 1 aromatic heterocycles. The number of ether oxygens (including phenoxy) is 3. The van der Waals surface area contributed by atoms with Crippen LogP contribution < -0.4 is 14.8 Å². The van der Waals surface area contributed by atoms with Crippen molar-refractivity contribution in [3.8, 4) is 22.1 Å². The molecule has 4 rings (SSSR count). The second-order valence-corrected chi connectivity index (χ2v) is 9.03. The Hall–Kier alpha value is -2.90. The molecule has 0 spiro atoms. The van der Waals surface area contributed by atoms with Crippen LogP contribution in [-0.2, 0) is 21.4 Å². The fourth-order valence-corrected chi connectivity index (χ4v) is 4.98. The van der Waals surface area contributed by atoms with Crippen molar-refractivity contribution in [1.82, 2.24) is 10.3 Å². The van der Waals surface area contributed by atoms with Gasteiger partial charge in [0.25, 0.3) is 0 Å². The van der Waals surface area contributed by atoms with Crippen LogP contribution in [-0.4, -0.2) is 44.4 Å². The number of carbonyl (C=O) groups excluding carboxylic acids is 1. The van der Waals surface area contributed by atoms with Gasteiger partial charge in [0.05, 0.1) is 25.8 Å². The standard InChI is InChI=1S/C26H30N2O4S/c1-3-32-23-8-4-19(5-9-23)25-28-21(17-33-25)16-24(29)27-18-26(12-14-31-15-13-26)20-6-10-22(30-2)11-7-20/h4-11,17H,3,12-16,18H2,1-2H3,(H,27,29). The molecule has 6 nitrogen and oxygen atoms in total. The van der Waals surface area contributed by atoms with Crippen molar-refractivity contribution in [2.75, 3.05) is 33.5 Å². The average Bonchev–Trinajstić information content (AvgIpc) is 3.32. The Morgan fingerprint density at radius 2 is 1.79 bits per heavy atom. The maximum absolute atomic E-state index is 12.8. The van der Waals surface area contributed by atoms with E-state index in [1.54, 1.807) is 18.4 Å². The molecule has 1 fully saturated rings. The van der Waals surface area contributed by atoms with Crippen molar-refractivity contribution in [3.05, 3.63) is 65.2 Å². The van der Waals surface area contributed by atoms with Gasteiger partial charge >= 0.3 is 0 Å². The minimum atomic E-state index is -0.129. The Morgan fingerprint density at radius 3 is 2.45 bits per heavy atom. The molecule has 2 heterocycles. The molecule has 0 atom stereocenters. The predicted molar refractivity (Wildman–Crippen MR) is 130 cm³/mol. The smallest absolute Gasteiger partial charge is 0.226 e. The van der Waals surface area contributed by atoms with Crippen LogP contribution in [0.15, 0.2) is 53.9 Å². The van der Waals surface area contributed by atoms with Gasteiger partial charge < -0.3 is 19.5 Å². The molecule has 7 heteroatoms. The minimum absolute atomic E-state index is 0.0158. The number of amides is 1. The summed E-state index contributed by atoms with van der Waals surface area (Å²) >= 11 is 1.55. The first-order valence-electron chi connectivity index (χ1n) is 11.3. The SMILES string of the molecule is CCOc1ccc(-c2nc(CC(=O)NCC3(c4ccc(OC)cc4)CCOCC3)cs2)cc1. The molecule has 0 saturated carbocycles. The van der Waals surface area contributed by atoms with E-state index < -0.39 is 0 Å². The monoisotopic (exact) mass is 466 g/mol. The maximum Gasteiger partial charge on any atom is 0.226 e. The largest absolute Gasteiger partial charge is 0.497 e. The minimum Gasteiger partial charge on any atom is -0.497 e. The van der Waals surface area contributed by atoms with Crippen molar-refractivity contribution < 1.29 is 19.0 Å². The van der Waals surface area contributed by atoms with Gasteiger partial charge in [-0.3, -0.25) is 4.79 Å². The normalized spacial score (nSPS) is 15.1. The van der Waals surface area contributed by atoms with E-state index in [0.717, 1.165) is 40.6 Å². The van der Waals surface area contributed by atoms with E-state index in [1.807, 2.05) is 48.7 Å². The Kier molecular flexibility index (Phi) is 7.62. The van der Waals surface area contributed by atoms with Crippen molar-refractivity contribution in [2.24, 2.45) is 0 Å². The summed E-state index contributed by atoms with van der Waals surface area (Å²) in [7, 11) is 1.67. The Balaban J connectivity index is 1.38. The first kappa shape index (κ1) is 23.3. The molecule has 1 saturated heterocycles. The van der Waals surface area contributed by atoms with Gasteiger partial charge in [0.1, 0.15) is 16.5 Å². The number of aromatic nitrogens is 1. The van der Waals surface area contributed by atoms with Crippen molar-refractivity contribution >= 4 is 17.2 Å². The third-order valence-corrected chi connectivity index (χ3v) is 7.02. The zero-order chi connectivity index (χ0) is 23.1. The fraction of sp³-hybridized carbons (Fsp3) is 0.385. The number of thiazole rings is 1. The summed E-state index contributed by atoms with van der Waals surface area (Å²) in [6.07, 6.45) is 2.01. The Labute approximate surface area is 198 Å². The predicted octanol–water partition coefficient (Wildman–Crippen LogP) is 4.62. The van der Waals surface area contributed by atoms with Gasteiger partial charge in [-0.25, -0.2) is 4.98 Å². The van der Waals surface area contributed by atoms with Gasteiger partial charge in [-0.2, -0.15) is 0 Å². The third-order valence-electron chi connectivity index (χ3n) is 6.08. The fourth-order valence-electron chi connectivity index (χ4n) is 4.15. The molecule has 0 bridgehead atoms. The molecule has 0 aliphatic carbocycles. The van der Waals surface area contributed by atoms with Gasteiger partial charge in [0.2, 0.25) is 5.91 Å². The first-order chi connectivity index (χ1) is 16.1. The molecular formula is C26H30N2O4S. The number of rotatable bonds is 9. The van der Waals surface area contributed by atoms with E-state index in [4.69, 9.17) is 14.2 Å². The van der Waals surface area contributed by atoms with E-state index >= 15 is 0 Å². The van der Waals surface area contributed by atoms with Crippen molar-refractivity contribution in [3.63, 3.8) is 0 Å². The Morgan fingerprint density at radius 1 is 1.09 bits per heavy atom. The van der Waals surface area contributed by atoms with Crippen LogP contribution in [0.4, 0.5) is 0 Å². The lowest BCUT2D eigenvalue weighted by Gasteiger charge is -2.38.